The van der Waals surface area contributed by atoms with Gasteiger partial charge < -0.3 is 9.73 Å². The number of carbonyl (C=O) groups excluding carboxylic acids is 1. The van der Waals surface area contributed by atoms with E-state index in [1.807, 2.05) is 56.3 Å². The molecule has 0 aliphatic carbocycles. The van der Waals surface area contributed by atoms with Crippen LogP contribution in [0.1, 0.15) is 16.9 Å². The molecular weight excluding hydrogens is 427 g/mol. The lowest BCUT2D eigenvalue weighted by Crippen LogP contribution is -2.18. The molecule has 1 amide bonds. The maximum atomic E-state index is 11.9. The highest BCUT2D eigenvalue weighted by molar-refractivity contribution is 8.18. The summed E-state index contributed by atoms with van der Waals surface area (Å²) in [6.45, 7) is 4.08. The lowest BCUT2D eigenvalue weighted by atomic mass is 10.1. The molecule has 2 aromatic carbocycles. The second-order valence-corrected chi connectivity index (χ2v) is 8.36. The third-order valence-electron chi connectivity index (χ3n) is 4.51. The van der Waals surface area contributed by atoms with Crippen molar-refractivity contribution in [2.75, 3.05) is 0 Å². The van der Waals surface area contributed by atoms with Crippen LogP contribution in [0.15, 0.2) is 62.8 Å². The first-order valence-electron chi connectivity index (χ1n) is 8.82. The topological polar surface area (TPSA) is 54.6 Å². The number of rotatable bonds is 3. The van der Waals surface area contributed by atoms with Crippen LogP contribution in [0.3, 0.4) is 0 Å². The van der Waals surface area contributed by atoms with Gasteiger partial charge in [-0.25, -0.2) is 4.99 Å². The van der Waals surface area contributed by atoms with Crippen LogP contribution in [0.4, 0.5) is 10.5 Å². The highest BCUT2D eigenvalue weighted by Gasteiger charge is 2.24. The van der Waals surface area contributed by atoms with E-state index in [9.17, 15) is 4.79 Å². The van der Waals surface area contributed by atoms with E-state index in [1.54, 1.807) is 12.1 Å². The standard InChI is InChI=1S/C22H16Cl2N2O2S/c1-12-6-7-14(10-13(12)2)25-21-19(29-22(27)26-21)11-15-8-9-18(28-15)16-4-3-5-17(23)20(16)24/h3-11H,1-2H3,(H,25,26,27)/b19-11-. The number of benzene rings is 2. The van der Waals surface area contributed by atoms with E-state index in [0.717, 1.165) is 23.0 Å². The number of nitrogens with zero attached hydrogens (tertiary/aromatic N) is 1. The number of halogens is 2. The molecular formula is C22H16Cl2N2O2S. The van der Waals surface area contributed by atoms with Gasteiger partial charge in [-0.05, 0) is 79.2 Å². The summed E-state index contributed by atoms with van der Waals surface area (Å²) in [7, 11) is 0. The van der Waals surface area contributed by atoms with Crippen molar-refractivity contribution in [2.24, 2.45) is 4.99 Å². The van der Waals surface area contributed by atoms with E-state index in [0.29, 0.717) is 37.9 Å². The fraction of sp³-hybridized carbons (Fsp3) is 0.0909. The molecule has 0 bridgehead atoms. The Hall–Kier alpha value is -2.47. The maximum absolute atomic E-state index is 11.9. The Labute approximate surface area is 182 Å². The van der Waals surface area contributed by atoms with Gasteiger partial charge in [-0.15, -0.1) is 0 Å². The number of aryl methyl sites for hydroxylation is 2. The number of aliphatic imine (C=N–C) groups is 1. The van der Waals surface area contributed by atoms with Crippen molar-refractivity contribution in [2.45, 2.75) is 13.8 Å². The molecule has 0 atom stereocenters. The molecule has 1 aliphatic heterocycles. The lowest BCUT2D eigenvalue weighted by molar-refractivity contribution is 0.265. The number of furan rings is 1. The van der Waals surface area contributed by atoms with Crippen molar-refractivity contribution in [1.29, 1.82) is 0 Å². The normalized spacial score (nSPS) is 16.6. The highest BCUT2D eigenvalue weighted by atomic mass is 35.5. The summed E-state index contributed by atoms with van der Waals surface area (Å²) in [4.78, 5) is 17.2. The summed E-state index contributed by atoms with van der Waals surface area (Å²) in [5.74, 6) is 1.68. The molecule has 1 fully saturated rings. The summed E-state index contributed by atoms with van der Waals surface area (Å²) in [6, 6.07) is 14.9. The van der Waals surface area contributed by atoms with Gasteiger partial charge >= 0.3 is 0 Å². The molecule has 0 unspecified atom stereocenters. The maximum Gasteiger partial charge on any atom is 0.289 e. The second kappa shape index (κ2) is 8.11. The molecule has 1 N–H and O–H groups in total. The number of amides is 1. The molecule has 0 radical (unpaired) electrons. The molecule has 29 heavy (non-hydrogen) atoms. The minimum absolute atomic E-state index is 0.177. The molecule has 0 spiro atoms. The quantitative estimate of drug-likeness (QED) is 0.459. The van der Waals surface area contributed by atoms with E-state index in [4.69, 9.17) is 27.6 Å². The Morgan fingerprint density at radius 2 is 1.90 bits per heavy atom. The van der Waals surface area contributed by atoms with Crippen LogP contribution in [0.5, 0.6) is 0 Å². The van der Waals surface area contributed by atoms with Crippen LogP contribution in [0, 0.1) is 13.8 Å². The number of hydrogen-bond acceptors (Lipinski definition) is 4. The van der Waals surface area contributed by atoms with Crippen molar-refractivity contribution in [3.63, 3.8) is 0 Å². The Balaban J connectivity index is 1.67. The zero-order valence-corrected chi connectivity index (χ0v) is 18.0. The van der Waals surface area contributed by atoms with Gasteiger partial charge in [0.2, 0.25) is 0 Å². The van der Waals surface area contributed by atoms with Crippen molar-refractivity contribution in [3.05, 3.63) is 80.4 Å². The highest BCUT2D eigenvalue weighted by Crippen LogP contribution is 2.35. The van der Waals surface area contributed by atoms with Gasteiger partial charge in [0, 0.05) is 5.56 Å². The number of carbonyl (C=O) groups is 1. The average Bonchev–Trinajstić information content (AvgIpc) is 3.27. The van der Waals surface area contributed by atoms with Crippen molar-refractivity contribution >= 4 is 57.8 Å². The predicted octanol–water partition coefficient (Wildman–Crippen LogP) is 7.40. The number of nitrogens with one attached hydrogen (secondary N) is 1. The Bertz CT molecular complexity index is 1180. The molecule has 1 saturated heterocycles. The van der Waals surface area contributed by atoms with Gasteiger partial charge in [0.25, 0.3) is 5.24 Å². The molecule has 0 saturated carbocycles. The van der Waals surface area contributed by atoms with Gasteiger partial charge in [-0.2, -0.15) is 0 Å². The van der Waals surface area contributed by atoms with E-state index < -0.39 is 0 Å². The SMILES string of the molecule is Cc1ccc(N=C2NC(=O)S/C2=C\c2ccc(-c3cccc(Cl)c3Cl)o2)cc1C. The second-order valence-electron chi connectivity index (χ2n) is 6.56. The third-order valence-corrected chi connectivity index (χ3v) is 6.14. The Kier molecular flexibility index (Phi) is 5.54. The van der Waals surface area contributed by atoms with Gasteiger partial charge in [0.05, 0.1) is 20.6 Å². The van der Waals surface area contributed by atoms with Crippen molar-refractivity contribution in [1.82, 2.24) is 5.32 Å². The summed E-state index contributed by atoms with van der Waals surface area (Å²) < 4.78 is 5.91. The average molecular weight is 443 g/mol. The van der Waals surface area contributed by atoms with Gasteiger partial charge in [0.1, 0.15) is 17.4 Å². The van der Waals surface area contributed by atoms with Gasteiger partial charge in [-0.3, -0.25) is 4.79 Å². The van der Waals surface area contributed by atoms with E-state index >= 15 is 0 Å². The zero-order chi connectivity index (χ0) is 20.5. The first-order valence-corrected chi connectivity index (χ1v) is 10.4. The first-order chi connectivity index (χ1) is 13.9. The molecule has 4 nitrogen and oxygen atoms in total. The molecule has 4 rings (SSSR count). The number of hydrogen-bond donors (Lipinski definition) is 1. The molecule has 146 valence electrons. The molecule has 7 heteroatoms. The minimum Gasteiger partial charge on any atom is -0.457 e. The van der Waals surface area contributed by atoms with Crippen molar-refractivity contribution in [3.8, 4) is 11.3 Å². The summed E-state index contributed by atoms with van der Waals surface area (Å²) >= 11 is 13.4. The van der Waals surface area contributed by atoms with Crippen LogP contribution >= 0.6 is 35.0 Å². The fourth-order valence-electron chi connectivity index (χ4n) is 2.84. The summed E-state index contributed by atoms with van der Waals surface area (Å²) in [5.41, 5.74) is 3.82. The summed E-state index contributed by atoms with van der Waals surface area (Å²) in [6.07, 6.45) is 1.78. The van der Waals surface area contributed by atoms with E-state index in [1.165, 1.54) is 5.56 Å². The molecule has 1 aromatic heterocycles. The van der Waals surface area contributed by atoms with Crippen molar-refractivity contribution < 1.29 is 9.21 Å². The van der Waals surface area contributed by atoms with Gasteiger partial charge in [-0.1, -0.05) is 35.3 Å². The van der Waals surface area contributed by atoms with Crippen LogP contribution in [0.25, 0.3) is 17.4 Å². The van der Waals surface area contributed by atoms with E-state index in [2.05, 4.69) is 10.3 Å². The smallest absolute Gasteiger partial charge is 0.289 e. The van der Waals surface area contributed by atoms with Crippen LogP contribution in [0.2, 0.25) is 10.0 Å². The number of amidine groups is 1. The minimum atomic E-state index is -0.177. The monoisotopic (exact) mass is 442 g/mol. The number of thioether (sulfide) groups is 1. The van der Waals surface area contributed by atoms with Gasteiger partial charge in [0.15, 0.2) is 0 Å². The largest absolute Gasteiger partial charge is 0.457 e. The van der Waals surface area contributed by atoms with Crippen LogP contribution in [-0.2, 0) is 0 Å². The molecule has 1 aliphatic rings. The Morgan fingerprint density at radius 1 is 1.07 bits per heavy atom. The summed E-state index contributed by atoms with van der Waals surface area (Å²) in [5, 5.41) is 3.51. The lowest BCUT2D eigenvalue weighted by Gasteiger charge is -2.03. The molecule has 3 aromatic rings. The zero-order valence-electron chi connectivity index (χ0n) is 15.6. The Morgan fingerprint density at radius 3 is 2.69 bits per heavy atom. The third kappa shape index (κ3) is 4.27. The first kappa shape index (κ1) is 19.8. The molecule has 2 heterocycles. The predicted molar refractivity (Wildman–Crippen MR) is 121 cm³/mol. The van der Waals surface area contributed by atoms with E-state index in [-0.39, 0.29) is 5.24 Å². The van der Waals surface area contributed by atoms with Crippen LogP contribution < -0.4 is 5.32 Å². The van der Waals surface area contributed by atoms with Crippen LogP contribution in [-0.4, -0.2) is 11.1 Å². The fourth-order valence-corrected chi connectivity index (χ4v) is 3.95.